The molecule has 0 fully saturated rings. The molecule has 0 spiro atoms. The average Bonchev–Trinajstić information content (AvgIpc) is 3.40. The molecule has 35 heavy (non-hydrogen) atoms. The van der Waals surface area contributed by atoms with Crippen LogP contribution in [0.3, 0.4) is 0 Å². The lowest BCUT2D eigenvalue weighted by Crippen LogP contribution is -2.22. The maximum atomic E-state index is 12.6. The van der Waals surface area contributed by atoms with Crippen molar-refractivity contribution in [1.29, 1.82) is 0 Å². The molecule has 0 bridgehead atoms. The van der Waals surface area contributed by atoms with Crippen LogP contribution in [0.15, 0.2) is 79.3 Å². The number of carbonyl (C=O) groups is 1. The van der Waals surface area contributed by atoms with Crippen LogP contribution >= 0.6 is 12.4 Å². The number of pyridine rings is 1. The van der Waals surface area contributed by atoms with Gasteiger partial charge in [0.05, 0.1) is 16.9 Å². The van der Waals surface area contributed by atoms with E-state index in [-0.39, 0.29) is 18.1 Å². The molecule has 3 heterocycles. The zero-order chi connectivity index (χ0) is 23.7. The van der Waals surface area contributed by atoms with Crippen LogP contribution in [-0.2, 0) is 6.54 Å². The molecule has 2 amide bonds. The maximum absolute atomic E-state index is 12.6. The van der Waals surface area contributed by atoms with E-state index in [1.54, 1.807) is 18.3 Å². The molecule has 3 aromatic heterocycles. The van der Waals surface area contributed by atoms with Crippen LogP contribution in [0.4, 0.5) is 29.3 Å². The van der Waals surface area contributed by atoms with Crippen molar-refractivity contribution < 1.29 is 22.7 Å². The van der Waals surface area contributed by atoms with Gasteiger partial charge >= 0.3 is 12.4 Å². The fraction of sp³-hybridized carbons (Fsp3) is 0.0833. The minimum absolute atomic E-state index is 0. The van der Waals surface area contributed by atoms with Crippen molar-refractivity contribution in [3.05, 3.63) is 84.8 Å². The summed E-state index contributed by atoms with van der Waals surface area (Å²) in [5.41, 5.74) is 3.18. The molecule has 0 saturated heterocycles. The molecule has 5 aromatic rings. The third-order valence-corrected chi connectivity index (χ3v) is 5.30. The lowest BCUT2D eigenvalue weighted by atomic mass is 10.2. The first-order valence-corrected chi connectivity index (χ1v) is 10.3. The number of H-pyrrole nitrogens is 1. The Kier molecular flexibility index (Phi) is 6.57. The van der Waals surface area contributed by atoms with E-state index in [0.29, 0.717) is 12.2 Å². The zero-order valence-corrected chi connectivity index (χ0v) is 18.8. The third-order valence-electron chi connectivity index (χ3n) is 5.30. The van der Waals surface area contributed by atoms with Crippen LogP contribution in [0.2, 0.25) is 0 Å². The maximum Gasteiger partial charge on any atom is 0.573 e. The Hall–Kier alpha value is -4.18. The molecule has 0 aliphatic rings. The topological polar surface area (TPSA) is 84.0 Å². The van der Waals surface area contributed by atoms with Crippen molar-refractivity contribution in [1.82, 2.24) is 14.5 Å². The van der Waals surface area contributed by atoms with Gasteiger partial charge in [0.25, 0.3) is 0 Å². The van der Waals surface area contributed by atoms with E-state index in [1.165, 1.54) is 18.2 Å². The number of fused-ring (bicyclic) bond motifs is 2. The standard InChI is InChI=1S/C24H18F3N5O2.ClH/c25-24(26,27)34-21-9-2-1-6-19(21)31-23(33)30-18-7-3-8-20-17(18)10-12-32(20)14-15-13-29-22-16(15)5-4-11-28-22;/h1-13H,14H2,(H,28,29)(H2,30,31,33);1H. The molecule has 0 aliphatic carbocycles. The molecular weight excluding hydrogens is 483 g/mol. The number of rotatable bonds is 5. The molecular formula is C24H19ClF3N5O2. The first-order valence-electron chi connectivity index (χ1n) is 10.3. The van der Waals surface area contributed by atoms with Crippen molar-refractivity contribution in [2.45, 2.75) is 12.9 Å². The highest BCUT2D eigenvalue weighted by molar-refractivity contribution is 6.06. The monoisotopic (exact) mass is 501 g/mol. The van der Waals surface area contributed by atoms with Gasteiger partial charge < -0.3 is 24.9 Å². The number of nitrogens with zero attached hydrogens (tertiary/aromatic N) is 2. The Morgan fingerprint density at radius 1 is 0.971 bits per heavy atom. The van der Waals surface area contributed by atoms with Crippen molar-refractivity contribution in [3.63, 3.8) is 0 Å². The molecule has 0 saturated carbocycles. The number of anilines is 2. The van der Waals surface area contributed by atoms with E-state index in [0.717, 1.165) is 33.6 Å². The number of amides is 2. The Labute approximate surface area is 203 Å². The van der Waals surface area contributed by atoms with Gasteiger partial charge in [-0.05, 0) is 48.0 Å². The number of benzene rings is 2. The summed E-state index contributed by atoms with van der Waals surface area (Å²) < 4.78 is 44.0. The van der Waals surface area contributed by atoms with Crippen molar-refractivity contribution in [2.24, 2.45) is 0 Å². The van der Waals surface area contributed by atoms with E-state index in [4.69, 9.17) is 0 Å². The summed E-state index contributed by atoms with van der Waals surface area (Å²) in [5, 5.41) is 6.94. The predicted molar refractivity (Wildman–Crippen MR) is 130 cm³/mol. The second kappa shape index (κ2) is 9.59. The highest BCUT2D eigenvalue weighted by Crippen LogP contribution is 2.31. The van der Waals surface area contributed by atoms with Gasteiger partial charge in [-0.2, -0.15) is 0 Å². The molecule has 180 valence electrons. The van der Waals surface area contributed by atoms with Crippen molar-refractivity contribution in [3.8, 4) is 5.75 Å². The molecule has 7 nitrogen and oxygen atoms in total. The summed E-state index contributed by atoms with van der Waals surface area (Å²) in [7, 11) is 0. The first kappa shape index (κ1) is 24.0. The number of aromatic nitrogens is 3. The van der Waals surface area contributed by atoms with Gasteiger partial charge in [-0.3, -0.25) is 0 Å². The van der Waals surface area contributed by atoms with Crippen molar-refractivity contribution in [2.75, 3.05) is 10.6 Å². The number of hydrogen-bond acceptors (Lipinski definition) is 3. The molecule has 11 heteroatoms. The van der Waals surface area contributed by atoms with E-state index in [1.807, 2.05) is 41.2 Å². The molecule has 0 radical (unpaired) electrons. The summed E-state index contributed by atoms with van der Waals surface area (Å²) >= 11 is 0. The number of alkyl halides is 3. The van der Waals surface area contributed by atoms with Crippen LogP contribution in [0.1, 0.15) is 5.56 Å². The van der Waals surface area contributed by atoms with Crippen LogP contribution in [0.25, 0.3) is 21.9 Å². The number of carbonyl (C=O) groups excluding carboxylic acids is 1. The minimum Gasteiger partial charge on any atom is -0.404 e. The average molecular weight is 502 g/mol. The second-order valence-electron chi connectivity index (χ2n) is 7.52. The second-order valence-corrected chi connectivity index (χ2v) is 7.52. The van der Waals surface area contributed by atoms with E-state index in [2.05, 4.69) is 25.3 Å². The Bertz CT molecular complexity index is 1500. The molecule has 2 aromatic carbocycles. The Morgan fingerprint density at radius 3 is 2.57 bits per heavy atom. The van der Waals surface area contributed by atoms with E-state index in [9.17, 15) is 18.0 Å². The zero-order valence-electron chi connectivity index (χ0n) is 18.0. The number of hydrogen-bond donors (Lipinski definition) is 3. The Morgan fingerprint density at radius 2 is 1.74 bits per heavy atom. The first-order chi connectivity index (χ1) is 16.4. The van der Waals surface area contributed by atoms with Crippen molar-refractivity contribution >= 4 is 51.7 Å². The van der Waals surface area contributed by atoms with E-state index < -0.39 is 18.1 Å². The number of nitrogens with one attached hydrogen (secondary N) is 3. The lowest BCUT2D eigenvalue weighted by molar-refractivity contribution is -0.274. The largest absolute Gasteiger partial charge is 0.573 e. The van der Waals surface area contributed by atoms with Crippen LogP contribution in [-0.4, -0.2) is 26.9 Å². The van der Waals surface area contributed by atoms with Crippen LogP contribution in [0, 0.1) is 0 Å². The molecule has 0 atom stereocenters. The quantitative estimate of drug-likeness (QED) is 0.256. The molecule has 5 rings (SSSR count). The molecule has 3 N–H and O–H groups in total. The lowest BCUT2D eigenvalue weighted by Gasteiger charge is -2.14. The Balaban J connectivity index is 0.00000289. The molecule has 0 unspecified atom stereocenters. The van der Waals surface area contributed by atoms with Gasteiger partial charge in [0.2, 0.25) is 0 Å². The fourth-order valence-electron chi connectivity index (χ4n) is 3.86. The fourth-order valence-corrected chi connectivity index (χ4v) is 3.86. The van der Waals surface area contributed by atoms with Gasteiger partial charge in [-0.1, -0.05) is 18.2 Å². The SMILES string of the molecule is Cl.O=C(Nc1ccccc1OC(F)(F)F)Nc1cccc2c1ccn2Cc1c[nH]c2ncccc12. The molecule has 0 aliphatic heterocycles. The highest BCUT2D eigenvalue weighted by Gasteiger charge is 2.32. The smallest absolute Gasteiger partial charge is 0.404 e. The number of urea groups is 1. The highest BCUT2D eigenvalue weighted by atomic mass is 35.5. The summed E-state index contributed by atoms with van der Waals surface area (Å²) in [6.07, 6.45) is 0.683. The van der Waals surface area contributed by atoms with Gasteiger partial charge in [-0.15, -0.1) is 25.6 Å². The van der Waals surface area contributed by atoms with Gasteiger partial charge in [0.1, 0.15) is 5.65 Å². The van der Waals surface area contributed by atoms with E-state index >= 15 is 0 Å². The normalized spacial score (nSPS) is 11.3. The summed E-state index contributed by atoms with van der Waals surface area (Å²) in [6, 6.07) is 15.8. The summed E-state index contributed by atoms with van der Waals surface area (Å²) in [4.78, 5) is 20.0. The summed E-state index contributed by atoms with van der Waals surface area (Å²) in [6.45, 7) is 0.590. The van der Waals surface area contributed by atoms with Crippen LogP contribution in [0.5, 0.6) is 5.75 Å². The number of ether oxygens (including phenoxy) is 1. The minimum atomic E-state index is -4.87. The number of aromatic amines is 1. The summed E-state index contributed by atoms with van der Waals surface area (Å²) in [5.74, 6) is -0.497. The van der Waals surface area contributed by atoms with Gasteiger partial charge in [0, 0.05) is 35.9 Å². The van der Waals surface area contributed by atoms with Gasteiger partial charge in [0.15, 0.2) is 5.75 Å². The predicted octanol–water partition coefficient (Wildman–Crippen LogP) is 6.53. The van der Waals surface area contributed by atoms with Gasteiger partial charge in [-0.25, -0.2) is 9.78 Å². The number of para-hydroxylation sites is 2. The number of halogens is 4. The van der Waals surface area contributed by atoms with Crippen LogP contribution < -0.4 is 15.4 Å². The third kappa shape index (κ3) is 5.17.